The molecule has 1 aliphatic heterocycles. The Labute approximate surface area is 179 Å². The molecule has 0 radical (unpaired) electrons. The van der Waals surface area contributed by atoms with Crippen LogP contribution in [0.4, 0.5) is 10.5 Å². The number of methoxy groups -OCH3 is 1. The predicted octanol–water partition coefficient (Wildman–Crippen LogP) is 3.74. The zero-order valence-electron chi connectivity index (χ0n) is 17.3. The van der Waals surface area contributed by atoms with Gasteiger partial charge in [-0.25, -0.2) is 9.78 Å². The van der Waals surface area contributed by atoms with Crippen LogP contribution in [0.3, 0.4) is 0 Å². The summed E-state index contributed by atoms with van der Waals surface area (Å²) in [4.78, 5) is 31.7. The van der Waals surface area contributed by atoms with Gasteiger partial charge in [0, 0.05) is 19.8 Å². The largest absolute Gasteiger partial charge is 0.449 e. The number of halogens is 1. The molecule has 1 fully saturated rings. The van der Waals surface area contributed by atoms with Crippen LogP contribution in [0.5, 0.6) is 0 Å². The second-order valence-electron chi connectivity index (χ2n) is 6.85. The number of anilines is 1. The summed E-state index contributed by atoms with van der Waals surface area (Å²) in [5.74, 6) is -0.584. The number of fused-ring (bicyclic) bond motifs is 1. The number of amides is 2. The third-order valence-electron chi connectivity index (χ3n) is 4.92. The second-order valence-corrected chi connectivity index (χ2v) is 7.23. The van der Waals surface area contributed by atoms with Crippen molar-refractivity contribution >= 4 is 40.4 Å². The summed E-state index contributed by atoms with van der Waals surface area (Å²) in [6, 6.07) is 2.92. The van der Waals surface area contributed by atoms with Gasteiger partial charge in [-0.1, -0.05) is 18.5 Å². The maximum atomic E-state index is 13.1. The van der Waals surface area contributed by atoms with Crippen molar-refractivity contribution in [3.63, 3.8) is 0 Å². The molecule has 3 heterocycles. The normalized spacial score (nSPS) is 18.9. The van der Waals surface area contributed by atoms with Crippen molar-refractivity contribution in [1.82, 2.24) is 10.3 Å². The van der Waals surface area contributed by atoms with Gasteiger partial charge in [-0.3, -0.25) is 9.69 Å². The quantitative estimate of drug-likeness (QED) is 0.517. The maximum absolute atomic E-state index is 13.1. The van der Waals surface area contributed by atoms with Gasteiger partial charge in [-0.15, -0.1) is 0 Å². The molecule has 0 saturated carbocycles. The molecule has 2 atom stereocenters. The highest BCUT2D eigenvalue weighted by Crippen LogP contribution is 2.37. The van der Waals surface area contributed by atoms with Crippen LogP contribution in [0.2, 0.25) is 5.15 Å². The van der Waals surface area contributed by atoms with E-state index >= 15 is 0 Å². The van der Waals surface area contributed by atoms with Crippen LogP contribution in [-0.2, 0) is 14.2 Å². The lowest BCUT2D eigenvalue weighted by atomic mass is 9.99. The molecular weight excluding hydrogens is 414 g/mol. The smallest absolute Gasteiger partial charge is 0.414 e. The van der Waals surface area contributed by atoms with Crippen LogP contribution in [0.25, 0.3) is 11.1 Å². The van der Waals surface area contributed by atoms with Gasteiger partial charge in [0.1, 0.15) is 23.1 Å². The predicted molar refractivity (Wildman–Crippen MR) is 111 cm³/mol. The van der Waals surface area contributed by atoms with Gasteiger partial charge in [0.15, 0.2) is 5.58 Å². The molecule has 0 spiro atoms. The van der Waals surface area contributed by atoms with Crippen molar-refractivity contribution in [2.24, 2.45) is 0 Å². The van der Waals surface area contributed by atoms with E-state index in [-0.39, 0.29) is 42.1 Å². The van der Waals surface area contributed by atoms with Crippen LogP contribution in [0.1, 0.15) is 43.7 Å². The summed E-state index contributed by atoms with van der Waals surface area (Å²) in [7, 11) is 1.46. The Balaban J connectivity index is 2.14. The molecular formula is C20H26ClN3O6. The Hall–Kier alpha value is -2.36. The molecule has 0 aliphatic carbocycles. The monoisotopic (exact) mass is 439 g/mol. The fraction of sp³-hybridized carbons (Fsp3) is 0.550. The summed E-state index contributed by atoms with van der Waals surface area (Å²) in [5.41, 5.74) is 0.893. The van der Waals surface area contributed by atoms with Gasteiger partial charge in [0.05, 0.1) is 12.7 Å². The SMILES string of the molecule is CCOC(=O)N(c1c(C(=O)NCOC)oc2ccc(Cl)nc12)[C@@H]1CCO[C@H](CC)C1. The number of hydrogen-bond acceptors (Lipinski definition) is 7. The highest BCUT2D eigenvalue weighted by molar-refractivity contribution is 6.30. The molecule has 9 nitrogen and oxygen atoms in total. The average molecular weight is 440 g/mol. The van der Waals surface area contributed by atoms with Crippen molar-refractivity contribution in [2.45, 2.75) is 45.3 Å². The van der Waals surface area contributed by atoms with Crippen LogP contribution in [0, 0.1) is 0 Å². The molecule has 1 N–H and O–H groups in total. The van der Waals surface area contributed by atoms with Crippen LogP contribution in [0.15, 0.2) is 16.5 Å². The van der Waals surface area contributed by atoms with E-state index in [1.54, 1.807) is 19.1 Å². The zero-order valence-corrected chi connectivity index (χ0v) is 18.0. The number of rotatable bonds is 7. The Morgan fingerprint density at radius 2 is 2.17 bits per heavy atom. The van der Waals surface area contributed by atoms with E-state index in [0.29, 0.717) is 30.5 Å². The van der Waals surface area contributed by atoms with E-state index in [4.69, 9.17) is 30.2 Å². The van der Waals surface area contributed by atoms with Gasteiger partial charge >= 0.3 is 6.09 Å². The molecule has 2 aromatic heterocycles. The standard InChI is InChI=1S/C20H26ClN3O6/c1-4-13-10-12(8-9-29-13)24(20(26)28-5-2)17-16-14(6-7-15(21)23-16)30-18(17)19(25)22-11-27-3/h6-7,12-13H,4-5,8-11H2,1-3H3,(H,22,25)/t12-,13-/m1/s1. The lowest BCUT2D eigenvalue weighted by molar-refractivity contribution is 0.00467. The first kappa shape index (κ1) is 22.3. The number of carbonyl (C=O) groups excluding carboxylic acids is 2. The Morgan fingerprint density at radius 1 is 1.37 bits per heavy atom. The number of pyridine rings is 1. The van der Waals surface area contributed by atoms with Gasteiger partial charge in [-0.05, 0) is 38.3 Å². The summed E-state index contributed by atoms with van der Waals surface area (Å²) < 4.78 is 21.8. The van der Waals surface area contributed by atoms with Gasteiger partial charge in [0.2, 0.25) is 5.76 Å². The van der Waals surface area contributed by atoms with Gasteiger partial charge in [0.25, 0.3) is 5.91 Å². The number of nitrogens with zero attached hydrogens (tertiary/aromatic N) is 2. The van der Waals surface area contributed by atoms with E-state index in [9.17, 15) is 9.59 Å². The molecule has 3 rings (SSSR count). The number of aromatic nitrogens is 1. The second kappa shape index (κ2) is 10.1. The summed E-state index contributed by atoms with van der Waals surface area (Å²) in [6.07, 6.45) is 1.42. The van der Waals surface area contributed by atoms with Crippen molar-refractivity contribution in [3.8, 4) is 0 Å². The van der Waals surface area contributed by atoms with Crippen molar-refractivity contribution in [3.05, 3.63) is 23.0 Å². The first-order chi connectivity index (χ1) is 14.5. The van der Waals surface area contributed by atoms with Gasteiger partial charge < -0.3 is 23.9 Å². The van der Waals surface area contributed by atoms with E-state index in [0.717, 1.165) is 6.42 Å². The molecule has 10 heteroatoms. The third kappa shape index (κ3) is 4.69. The van der Waals surface area contributed by atoms with E-state index < -0.39 is 12.0 Å². The Bertz CT molecular complexity index is 902. The topological polar surface area (TPSA) is 103 Å². The number of ether oxygens (including phenoxy) is 3. The molecule has 164 valence electrons. The number of carbonyl (C=O) groups is 2. The van der Waals surface area contributed by atoms with Gasteiger partial charge in [-0.2, -0.15) is 0 Å². The van der Waals surface area contributed by atoms with E-state index in [1.165, 1.54) is 12.0 Å². The minimum absolute atomic E-state index is 0.00107. The van der Waals surface area contributed by atoms with Crippen LogP contribution < -0.4 is 10.2 Å². The zero-order chi connectivity index (χ0) is 21.7. The molecule has 2 amide bonds. The first-order valence-electron chi connectivity index (χ1n) is 9.93. The summed E-state index contributed by atoms with van der Waals surface area (Å²) in [6.45, 7) is 4.42. The van der Waals surface area contributed by atoms with Crippen molar-refractivity contribution < 1.29 is 28.2 Å². The summed E-state index contributed by atoms with van der Waals surface area (Å²) >= 11 is 6.11. The average Bonchev–Trinajstić information content (AvgIpc) is 3.11. The lowest BCUT2D eigenvalue weighted by Gasteiger charge is -2.36. The molecule has 0 aromatic carbocycles. The van der Waals surface area contributed by atoms with E-state index in [2.05, 4.69) is 10.3 Å². The highest BCUT2D eigenvalue weighted by Gasteiger charge is 2.37. The number of furan rings is 1. The minimum atomic E-state index is -0.579. The number of nitrogens with one attached hydrogen (secondary N) is 1. The molecule has 1 aliphatic rings. The number of hydrogen-bond donors (Lipinski definition) is 1. The molecule has 0 bridgehead atoms. The van der Waals surface area contributed by atoms with Crippen molar-refractivity contribution in [1.29, 1.82) is 0 Å². The minimum Gasteiger partial charge on any atom is -0.449 e. The fourth-order valence-electron chi connectivity index (χ4n) is 3.53. The van der Waals surface area contributed by atoms with Crippen LogP contribution in [-0.4, -0.2) is 56.2 Å². The third-order valence-corrected chi connectivity index (χ3v) is 5.13. The van der Waals surface area contributed by atoms with Crippen molar-refractivity contribution in [2.75, 3.05) is 32.0 Å². The summed E-state index contributed by atoms with van der Waals surface area (Å²) in [5, 5.41) is 2.81. The highest BCUT2D eigenvalue weighted by atomic mass is 35.5. The molecule has 0 unspecified atom stereocenters. The van der Waals surface area contributed by atoms with Crippen LogP contribution >= 0.6 is 11.6 Å². The lowest BCUT2D eigenvalue weighted by Crippen LogP contribution is -2.47. The molecule has 2 aromatic rings. The Morgan fingerprint density at radius 3 is 2.87 bits per heavy atom. The Kier molecular flexibility index (Phi) is 7.52. The van der Waals surface area contributed by atoms with E-state index in [1.807, 2.05) is 6.92 Å². The molecule has 1 saturated heterocycles. The maximum Gasteiger partial charge on any atom is 0.414 e. The first-order valence-corrected chi connectivity index (χ1v) is 10.3. The fourth-order valence-corrected chi connectivity index (χ4v) is 3.68. The molecule has 30 heavy (non-hydrogen) atoms.